The maximum absolute atomic E-state index is 13.1. The zero-order chi connectivity index (χ0) is 25.0. The van der Waals surface area contributed by atoms with Gasteiger partial charge in [-0.2, -0.15) is 0 Å². The molecule has 4 aliphatic rings. The van der Waals surface area contributed by atoms with E-state index in [0.717, 1.165) is 36.1 Å². The first-order chi connectivity index (χ1) is 17.6. The minimum atomic E-state index is -0.323. The number of nitrogens with zero attached hydrogens (tertiary/aromatic N) is 1. The van der Waals surface area contributed by atoms with Crippen LogP contribution >= 0.6 is 0 Å². The molecule has 0 saturated heterocycles. The molecule has 6 rings (SSSR count). The van der Waals surface area contributed by atoms with Gasteiger partial charge in [-0.15, -0.1) is 0 Å². The van der Waals surface area contributed by atoms with E-state index in [1.807, 2.05) is 18.2 Å². The van der Waals surface area contributed by atoms with Crippen molar-refractivity contribution in [3.05, 3.63) is 41.6 Å². The molecule has 0 spiro atoms. The van der Waals surface area contributed by atoms with Gasteiger partial charge in [0, 0.05) is 11.8 Å². The number of rotatable bonds is 11. The predicted octanol–water partition coefficient (Wildman–Crippen LogP) is 6.99. The second kappa shape index (κ2) is 11.3. The Kier molecular flexibility index (Phi) is 7.93. The molecule has 1 aromatic heterocycles. The SMILES string of the molecule is CCCCCCCCCCC(=O)NNC(=O)c1cc(C23CC4CC(CC(C4)C2)C3)c2ccccc2n1. The van der Waals surface area contributed by atoms with Crippen LogP contribution in [0.1, 0.15) is 119 Å². The zero-order valence-corrected chi connectivity index (χ0v) is 22.0. The van der Waals surface area contributed by atoms with E-state index in [-0.39, 0.29) is 17.2 Å². The fraction of sp³-hybridized carbons (Fsp3) is 0.645. The van der Waals surface area contributed by atoms with Gasteiger partial charge in [0.1, 0.15) is 5.69 Å². The van der Waals surface area contributed by atoms with Crippen LogP contribution in [0.4, 0.5) is 0 Å². The summed E-state index contributed by atoms with van der Waals surface area (Å²) < 4.78 is 0. The number of pyridine rings is 1. The van der Waals surface area contributed by atoms with Crippen LogP contribution in [0.15, 0.2) is 30.3 Å². The molecule has 4 aliphatic carbocycles. The minimum Gasteiger partial charge on any atom is -0.273 e. The Hall–Kier alpha value is -2.43. The maximum Gasteiger partial charge on any atom is 0.288 e. The number of hydrogen-bond acceptors (Lipinski definition) is 3. The Morgan fingerprint density at radius 1 is 0.861 bits per heavy atom. The van der Waals surface area contributed by atoms with Gasteiger partial charge in [0.25, 0.3) is 5.91 Å². The number of para-hydroxylation sites is 1. The van der Waals surface area contributed by atoms with E-state index in [1.165, 1.54) is 88.0 Å². The molecule has 0 unspecified atom stereocenters. The normalized spacial score (nSPS) is 26.3. The van der Waals surface area contributed by atoms with Crippen molar-refractivity contribution in [2.75, 3.05) is 0 Å². The number of unbranched alkanes of at least 4 members (excludes halogenated alkanes) is 7. The van der Waals surface area contributed by atoms with Crippen molar-refractivity contribution in [2.45, 2.75) is 109 Å². The Balaban J connectivity index is 1.20. The number of fused-ring (bicyclic) bond motifs is 1. The third-order valence-electron chi connectivity index (χ3n) is 9.13. The fourth-order valence-corrected chi connectivity index (χ4v) is 7.84. The van der Waals surface area contributed by atoms with Crippen molar-refractivity contribution >= 4 is 22.7 Å². The van der Waals surface area contributed by atoms with Crippen LogP contribution in [0, 0.1) is 17.8 Å². The van der Waals surface area contributed by atoms with Crippen LogP contribution in [-0.2, 0) is 10.2 Å². The van der Waals surface area contributed by atoms with Crippen LogP contribution in [0.5, 0.6) is 0 Å². The van der Waals surface area contributed by atoms with Gasteiger partial charge in [0.05, 0.1) is 5.52 Å². The topological polar surface area (TPSA) is 71.1 Å². The average molecular weight is 490 g/mol. The predicted molar refractivity (Wildman–Crippen MR) is 144 cm³/mol. The van der Waals surface area contributed by atoms with Crippen LogP contribution in [-0.4, -0.2) is 16.8 Å². The molecule has 0 radical (unpaired) electrons. The third kappa shape index (κ3) is 5.60. The number of carbonyl (C=O) groups excluding carboxylic acids is 2. The van der Waals surface area contributed by atoms with Crippen LogP contribution in [0.2, 0.25) is 0 Å². The molecule has 1 aromatic carbocycles. The van der Waals surface area contributed by atoms with E-state index in [4.69, 9.17) is 4.98 Å². The number of nitrogens with one attached hydrogen (secondary N) is 2. The van der Waals surface area contributed by atoms with Crippen molar-refractivity contribution in [2.24, 2.45) is 17.8 Å². The third-order valence-corrected chi connectivity index (χ3v) is 9.13. The zero-order valence-electron chi connectivity index (χ0n) is 22.0. The van der Waals surface area contributed by atoms with Crippen molar-refractivity contribution in [1.29, 1.82) is 0 Å². The lowest BCUT2D eigenvalue weighted by molar-refractivity contribution is -0.122. The summed E-state index contributed by atoms with van der Waals surface area (Å²) in [7, 11) is 0. The highest BCUT2D eigenvalue weighted by Gasteiger charge is 2.52. The van der Waals surface area contributed by atoms with Crippen LogP contribution in [0.3, 0.4) is 0 Å². The molecular formula is C31H43N3O2. The van der Waals surface area contributed by atoms with Gasteiger partial charge in [-0.25, -0.2) is 4.98 Å². The summed E-state index contributed by atoms with van der Waals surface area (Å²) in [5.74, 6) is 2.04. The molecule has 4 bridgehead atoms. The van der Waals surface area contributed by atoms with Crippen molar-refractivity contribution in [3.8, 4) is 0 Å². The van der Waals surface area contributed by atoms with Crippen LogP contribution < -0.4 is 10.9 Å². The molecule has 0 atom stereocenters. The smallest absolute Gasteiger partial charge is 0.273 e. The molecule has 2 amide bonds. The van der Waals surface area contributed by atoms with Gasteiger partial charge in [-0.3, -0.25) is 20.4 Å². The molecule has 36 heavy (non-hydrogen) atoms. The average Bonchev–Trinajstić information content (AvgIpc) is 2.87. The number of hydrazine groups is 1. The van der Waals surface area contributed by atoms with E-state index in [2.05, 4.69) is 29.9 Å². The highest BCUT2D eigenvalue weighted by molar-refractivity contribution is 5.97. The van der Waals surface area contributed by atoms with E-state index in [9.17, 15) is 9.59 Å². The van der Waals surface area contributed by atoms with E-state index >= 15 is 0 Å². The first-order valence-corrected chi connectivity index (χ1v) is 14.6. The molecule has 1 heterocycles. The van der Waals surface area contributed by atoms with Gasteiger partial charge in [0.2, 0.25) is 5.91 Å². The second-order valence-corrected chi connectivity index (χ2v) is 12.0. The quantitative estimate of drug-likeness (QED) is 0.264. The standard InChI is InChI=1S/C31H43N3O2/c1-2-3-4-5-6-7-8-9-14-29(35)33-34-30(36)28-18-26(25-12-10-11-13-27(25)32-28)31-19-22-15-23(20-31)17-24(16-22)21-31/h10-13,18,22-24H,2-9,14-17,19-21H2,1H3,(H,33,35)(H,34,36). The first kappa shape index (κ1) is 25.2. The molecule has 4 fully saturated rings. The molecule has 194 valence electrons. The highest BCUT2D eigenvalue weighted by atomic mass is 16.2. The van der Waals surface area contributed by atoms with E-state index in [0.29, 0.717) is 12.1 Å². The van der Waals surface area contributed by atoms with Gasteiger partial charge >= 0.3 is 0 Å². The van der Waals surface area contributed by atoms with Gasteiger partial charge in [-0.05, 0) is 85.8 Å². The fourth-order valence-electron chi connectivity index (χ4n) is 7.84. The Labute approximate surface area is 216 Å². The summed E-state index contributed by atoms with van der Waals surface area (Å²) in [4.78, 5) is 30.1. The summed E-state index contributed by atoms with van der Waals surface area (Å²) in [5, 5.41) is 1.19. The van der Waals surface area contributed by atoms with E-state index < -0.39 is 0 Å². The molecule has 4 saturated carbocycles. The summed E-state index contributed by atoms with van der Waals surface area (Å²) in [6.45, 7) is 2.23. The second-order valence-electron chi connectivity index (χ2n) is 12.0. The molecule has 5 nitrogen and oxygen atoms in total. The largest absolute Gasteiger partial charge is 0.288 e. The molecule has 2 aromatic rings. The molecule has 5 heteroatoms. The lowest BCUT2D eigenvalue weighted by atomic mass is 9.48. The van der Waals surface area contributed by atoms with Crippen molar-refractivity contribution < 1.29 is 9.59 Å². The summed E-state index contributed by atoms with van der Waals surface area (Å²) in [5.41, 5.74) is 8.03. The Bertz CT molecular complexity index is 1040. The summed E-state index contributed by atoms with van der Waals surface area (Å²) in [6, 6.07) is 10.3. The van der Waals surface area contributed by atoms with Crippen LogP contribution in [0.25, 0.3) is 10.9 Å². The highest BCUT2D eigenvalue weighted by Crippen LogP contribution is 2.61. The van der Waals surface area contributed by atoms with Gasteiger partial charge < -0.3 is 0 Å². The van der Waals surface area contributed by atoms with Crippen molar-refractivity contribution in [3.63, 3.8) is 0 Å². The molecular weight excluding hydrogens is 446 g/mol. The minimum absolute atomic E-state index is 0.128. The van der Waals surface area contributed by atoms with Gasteiger partial charge in [0.15, 0.2) is 0 Å². The molecule has 2 N–H and O–H groups in total. The lowest BCUT2D eigenvalue weighted by Crippen LogP contribution is -2.48. The first-order valence-electron chi connectivity index (χ1n) is 14.6. The lowest BCUT2D eigenvalue weighted by Gasteiger charge is -2.57. The molecule has 0 aliphatic heterocycles. The Morgan fingerprint density at radius 2 is 1.47 bits per heavy atom. The number of carbonyl (C=O) groups is 2. The maximum atomic E-state index is 13.1. The number of amides is 2. The summed E-state index contributed by atoms with van der Waals surface area (Å²) in [6.07, 6.45) is 17.9. The van der Waals surface area contributed by atoms with Crippen molar-refractivity contribution in [1.82, 2.24) is 15.8 Å². The van der Waals surface area contributed by atoms with Gasteiger partial charge in [-0.1, -0.05) is 70.1 Å². The number of hydrogen-bond donors (Lipinski definition) is 2. The Morgan fingerprint density at radius 3 is 2.14 bits per heavy atom. The monoisotopic (exact) mass is 489 g/mol. The number of benzene rings is 1. The number of aromatic nitrogens is 1. The summed E-state index contributed by atoms with van der Waals surface area (Å²) >= 11 is 0. The van der Waals surface area contributed by atoms with E-state index in [1.54, 1.807) is 0 Å².